The van der Waals surface area contributed by atoms with Gasteiger partial charge in [-0.25, -0.2) is 14.6 Å². The molecule has 1 unspecified atom stereocenters. The number of benzene rings is 1. The van der Waals surface area contributed by atoms with Crippen LogP contribution in [0.5, 0.6) is 0 Å². The molecule has 5 rings (SSSR count). The Hall–Kier alpha value is -2.99. The third-order valence-corrected chi connectivity index (χ3v) is 8.03. The molecule has 3 heterocycles. The minimum absolute atomic E-state index is 0.177. The summed E-state index contributed by atoms with van der Waals surface area (Å²) in [6.07, 6.45) is 7.37. The normalized spacial score (nSPS) is 23.4. The summed E-state index contributed by atoms with van der Waals surface area (Å²) in [5, 5.41) is 15.2. The Morgan fingerprint density at radius 3 is 2.83 bits per heavy atom. The number of nitriles is 1. The van der Waals surface area contributed by atoms with Crippen LogP contribution in [0, 0.1) is 17.2 Å². The second-order valence-electron chi connectivity index (χ2n) is 9.69. The van der Waals surface area contributed by atoms with E-state index in [2.05, 4.69) is 34.1 Å². The van der Waals surface area contributed by atoms with Gasteiger partial charge in [0.25, 0.3) is 0 Å². The molecule has 0 bridgehead atoms. The van der Waals surface area contributed by atoms with E-state index >= 15 is 0 Å². The molecule has 2 aliphatic rings. The van der Waals surface area contributed by atoms with Gasteiger partial charge < -0.3 is 5.73 Å². The first-order valence-electron chi connectivity index (χ1n) is 12.1. The number of amides is 1. The van der Waals surface area contributed by atoms with Crippen LogP contribution in [0.15, 0.2) is 30.5 Å². The Morgan fingerprint density at radius 1 is 1.33 bits per heavy atom. The first kappa shape index (κ1) is 24.7. The number of allylic oxidation sites excluding steroid dienone is 1. The lowest BCUT2D eigenvalue weighted by atomic mass is 9.83. The van der Waals surface area contributed by atoms with E-state index < -0.39 is 0 Å². The van der Waals surface area contributed by atoms with Crippen molar-refractivity contribution in [2.45, 2.75) is 57.7 Å². The van der Waals surface area contributed by atoms with Gasteiger partial charge in [0, 0.05) is 16.1 Å². The van der Waals surface area contributed by atoms with Crippen molar-refractivity contribution in [3.8, 4) is 6.07 Å². The number of carbonyl (C=O) groups excluding carboxylic acids is 1. The van der Waals surface area contributed by atoms with Crippen LogP contribution >= 0.6 is 23.2 Å². The highest BCUT2D eigenvalue weighted by Crippen LogP contribution is 2.37. The Morgan fingerprint density at radius 2 is 2.14 bits per heavy atom. The Bertz CT molecular complexity index is 1410. The molecule has 36 heavy (non-hydrogen) atoms. The number of likely N-dealkylation sites (tertiary alicyclic amines) is 1. The predicted molar refractivity (Wildman–Crippen MR) is 139 cm³/mol. The number of primary amides is 1. The van der Waals surface area contributed by atoms with Crippen LogP contribution in [0.4, 0.5) is 0 Å². The van der Waals surface area contributed by atoms with E-state index in [1.807, 2.05) is 13.0 Å². The fourth-order valence-electron chi connectivity index (χ4n) is 5.61. The molecule has 1 amide bonds. The lowest BCUT2D eigenvalue weighted by Crippen LogP contribution is -2.48. The van der Waals surface area contributed by atoms with Crippen molar-refractivity contribution < 1.29 is 4.79 Å². The minimum Gasteiger partial charge on any atom is -0.368 e. The number of hydrogen-bond acceptors (Lipinski definition) is 6. The van der Waals surface area contributed by atoms with E-state index in [-0.39, 0.29) is 29.7 Å². The zero-order valence-corrected chi connectivity index (χ0v) is 21.7. The summed E-state index contributed by atoms with van der Waals surface area (Å²) in [4.78, 5) is 23.7. The highest BCUT2D eigenvalue weighted by Gasteiger charge is 2.37. The molecule has 8 nitrogen and oxygen atoms in total. The number of halogens is 2. The van der Waals surface area contributed by atoms with Crippen molar-refractivity contribution >= 4 is 45.8 Å². The van der Waals surface area contributed by atoms with Crippen molar-refractivity contribution in [2.75, 3.05) is 6.54 Å². The molecule has 1 aliphatic heterocycles. The smallest absolute Gasteiger partial charge is 0.234 e. The maximum absolute atomic E-state index is 11.9. The van der Waals surface area contributed by atoms with Crippen LogP contribution < -0.4 is 5.73 Å². The number of hydrogen-bond donors (Lipinski definition) is 1. The maximum atomic E-state index is 11.9. The third-order valence-electron chi connectivity index (χ3n) is 7.47. The van der Waals surface area contributed by atoms with Gasteiger partial charge in [-0.2, -0.15) is 10.4 Å². The van der Waals surface area contributed by atoms with E-state index in [0.29, 0.717) is 27.1 Å². The Labute approximate surface area is 219 Å². The molecule has 186 valence electrons. The average Bonchev–Trinajstić information content (AvgIpc) is 3.48. The van der Waals surface area contributed by atoms with Gasteiger partial charge in [-0.1, -0.05) is 42.3 Å². The van der Waals surface area contributed by atoms with Gasteiger partial charge in [-0.15, -0.1) is 0 Å². The summed E-state index contributed by atoms with van der Waals surface area (Å²) in [6, 6.07) is 7.27. The minimum atomic E-state index is -0.284. The average molecular weight is 524 g/mol. The summed E-state index contributed by atoms with van der Waals surface area (Å²) in [5.41, 5.74) is 9.57. The van der Waals surface area contributed by atoms with E-state index in [1.54, 1.807) is 23.0 Å². The summed E-state index contributed by atoms with van der Waals surface area (Å²) >= 11 is 12.5. The molecule has 3 aromatic rings. The lowest BCUT2D eigenvalue weighted by Gasteiger charge is -2.38. The maximum Gasteiger partial charge on any atom is 0.234 e. The Balaban J connectivity index is 1.49. The second kappa shape index (κ2) is 9.81. The van der Waals surface area contributed by atoms with Crippen LogP contribution in [-0.4, -0.2) is 49.2 Å². The monoisotopic (exact) mass is 523 g/mol. The van der Waals surface area contributed by atoms with Crippen LogP contribution in [0.25, 0.3) is 16.7 Å². The number of aromatic nitrogens is 4. The molecule has 2 aromatic heterocycles. The molecular weight excluding hydrogens is 497 g/mol. The van der Waals surface area contributed by atoms with Crippen molar-refractivity contribution in [3.05, 3.63) is 57.5 Å². The molecule has 4 atom stereocenters. The largest absolute Gasteiger partial charge is 0.368 e. The zero-order chi connectivity index (χ0) is 25.6. The zero-order valence-electron chi connectivity index (χ0n) is 20.2. The van der Waals surface area contributed by atoms with Crippen molar-refractivity contribution in [3.63, 3.8) is 0 Å². The molecule has 0 radical (unpaired) electrons. The van der Waals surface area contributed by atoms with Crippen LogP contribution in [0.2, 0.25) is 10.0 Å². The summed E-state index contributed by atoms with van der Waals surface area (Å²) in [6.45, 7) is 5.07. The summed E-state index contributed by atoms with van der Waals surface area (Å²) in [7, 11) is 0. The van der Waals surface area contributed by atoms with Gasteiger partial charge in [-0.05, 0) is 68.3 Å². The van der Waals surface area contributed by atoms with Gasteiger partial charge in [0.1, 0.15) is 11.6 Å². The quantitative estimate of drug-likeness (QED) is 0.516. The molecule has 2 N–H and O–H groups in total. The van der Waals surface area contributed by atoms with Gasteiger partial charge in [0.15, 0.2) is 11.3 Å². The summed E-state index contributed by atoms with van der Waals surface area (Å²) in [5.74, 6) is 0.0936. The molecule has 0 spiro atoms. The first-order valence-corrected chi connectivity index (χ1v) is 12.9. The first-order chi connectivity index (χ1) is 17.3. The molecular formula is C26H27Cl2N7O. The van der Waals surface area contributed by atoms with Crippen molar-refractivity contribution in [1.82, 2.24) is 24.6 Å². The lowest BCUT2D eigenvalue weighted by molar-refractivity contribution is -0.123. The van der Waals surface area contributed by atoms with Crippen molar-refractivity contribution in [2.24, 2.45) is 11.7 Å². The van der Waals surface area contributed by atoms with Crippen LogP contribution in [-0.2, 0) is 4.79 Å². The van der Waals surface area contributed by atoms with Crippen molar-refractivity contribution in [1.29, 1.82) is 5.26 Å². The standard InChI is InChI=1S/C26H27Cl2N7O/c1-14-10-16(5-8-22(14)34-9-3-4-23(34)25(30)36)21-13-31-24-20(12-29)33-35(26(24)32-21)15(2)18-7-6-17(27)11-19(18)28/h5-7,11,13-15,22-23H,3-4,8-10H2,1-2H3,(H2,30,36)/t14-,15+,22+,23?/m0/s1. The fraction of sp³-hybridized carbons (Fsp3) is 0.423. The second-order valence-corrected chi connectivity index (χ2v) is 10.5. The highest BCUT2D eigenvalue weighted by atomic mass is 35.5. The van der Waals surface area contributed by atoms with E-state index in [4.69, 9.17) is 33.9 Å². The van der Waals surface area contributed by atoms with E-state index in [9.17, 15) is 10.1 Å². The fourth-order valence-corrected chi connectivity index (χ4v) is 6.17. The number of carbonyl (C=O) groups is 1. The SMILES string of the molecule is C[C@H](c1ccc(Cl)cc1Cl)n1nc(C#N)c2ncc(C3=CC[C@@H](N4CCCC4C(N)=O)[C@@H](C)C3)nc21. The molecule has 0 saturated carbocycles. The Kier molecular flexibility index (Phi) is 6.73. The van der Waals surface area contributed by atoms with Crippen LogP contribution in [0.3, 0.4) is 0 Å². The van der Waals surface area contributed by atoms with Gasteiger partial charge in [-0.3, -0.25) is 9.69 Å². The third kappa shape index (κ3) is 4.36. The molecule has 1 aliphatic carbocycles. The number of fused-ring (bicyclic) bond motifs is 1. The molecule has 1 fully saturated rings. The topological polar surface area (TPSA) is 114 Å². The van der Waals surface area contributed by atoms with Crippen LogP contribution in [0.1, 0.15) is 62.5 Å². The van der Waals surface area contributed by atoms with E-state index in [1.165, 1.54) is 0 Å². The molecule has 1 saturated heterocycles. The number of nitrogens with two attached hydrogens (primary N) is 1. The highest BCUT2D eigenvalue weighted by molar-refractivity contribution is 6.35. The number of rotatable bonds is 5. The van der Waals surface area contributed by atoms with Gasteiger partial charge in [0.2, 0.25) is 5.91 Å². The predicted octanol–water partition coefficient (Wildman–Crippen LogP) is 4.75. The van der Waals surface area contributed by atoms with Gasteiger partial charge >= 0.3 is 0 Å². The van der Waals surface area contributed by atoms with E-state index in [0.717, 1.165) is 49.1 Å². The van der Waals surface area contributed by atoms with Gasteiger partial charge in [0.05, 0.1) is 24.0 Å². The molecule has 10 heteroatoms. The molecule has 1 aromatic carbocycles. The summed E-state index contributed by atoms with van der Waals surface area (Å²) < 4.78 is 1.71. The number of nitrogens with zero attached hydrogens (tertiary/aromatic N) is 6.